The largest absolute Gasteiger partial charge is 0.386 e. The second kappa shape index (κ2) is 5.83. The van der Waals surface area contributed by atoms with Crippen molar-refractivity contribution < 1.29 is 0 Å². The third kappa shape index (κ3) is 2.55. The van der Waals surface area contributed by atoms with Crippen LogP contribution in [0.3, 0.4) is 0 Å². The van der Waals surface area contributed by atoms with Crippen LogP contribution in [0, 0.1) is 11.3 Å². The number of rotatable bonds is 2. The highest BCUT2D eigenvalue weighted by molar-refractivity contribution is 5.38. The first kappa shape index (κ1) is 12.8. The first-order valence-corrected chi connectivity index (χ1v) is 7.21. The Hall–Kier alpha value is -2.21. The number of nitriles is 1. The average molecular weight is 265 g/mol. The van der Waals surface area contributed by atoms with Gasteiger partial charge >= 0.3 is 0 Å². The Labute approximate surface area is 120 Å². The number of benzene rings is 1. The zero-order valence-electron chi connectivity index (χ0n) is 11.5. The quantitative estimate of drug-likeness (QED) is 0.893. The normalized spacial score (nSPS) is 19.6. The number of nitrogens with one attached hydrogen (secondary N) is 1. The molecule has 102 valence electrons. The summed E-state index contributed by atoms with van der Waals surface area (Å²) in [4.78, 5) is 2.36. The Kier molecular flexibility index (Phi) is 3.73. The van der Waals surface area contributed by atoms with Crippen molar-refractivity contribution in [1.82, 2.24) is 10.2 Å². The predicted molar refractivity (Wildman–Crippen MR) is 79.8 cm³/mol. The number of allylic oxidation sites excluding steroid dienone is 1. The molecule has 2 aliphatic heterocycles. The van der Waals surface area contributed by atoms with E-state index in [2.05, 4.69) is 46.6 Å². The van der Waals surface area contributed by atoms with E-state index in [9.17, 15) is 5.26 Å². The molecule has 0 bridgehead atoms. The summed E-state index contributed by atoms with van der Waals surface area (Å²) >= 11 is 0. The van der Waals surface area contributed by atoms with Gasteiger partial charge in [-0.25, -0.2) is 0 Å². The molecule has 2 heterocycles. The van der Waals surface area contributed by atoms with Crippen LogP contribution in [0.4, 0.5) is 0 Å². The molecule has 1 N–H and O–H groups in total. The van der Waals surface area contributed by atoms with Crippen LogP contribution in [-0.4, -0.2) is 24.5 Å². The summed E-state index contributed by atoms with van der Waals surface area (Å²) in [6.07, 6.45) is 6.30. The third-order valence-electron chi connectivity index (χ3n) is 4.19. The van der Waals surface area contributed by atoms with Crippen molar-refractivity contribution in [3.63, 3.8) is 0 Å². The van der Waals surface area contributed by atoms with Crippen LogP contribution < -0.4 is 5.32 Å². The van der Waals surface area contributed by atoms with Crippen LogP contribution in [0.1, 0.15) is 24.3 Å². The maximum atomic E-state index is 9.21. The minimum Gasteiger partial charge on any atom is -0.386 e. The Morgan fingerprint density at radius 1 is 1.15 bits per heavy atom. The summed E-state index contributed by atoms with van der Waals surface area (Å²) in [5, 5.41) is 12.3. The first-order valence-electron chi connectivity index (χ1n) is 7.21. The van der Waals surface area contributed by atoms with Gasteiger partial charge in [0, 0.05) is 13.1 Å². The van der Waals surface area contributed by atoms with E-state index in [0.29, 0.717) is 12.5 Å². The summed E-state index contributed by atoms with van der Waals surface area (Å²) in [7, 11) is 0. The second-order valence-electron chi connectivity index (χ2n) is 5.36. The van der Waals surface area contributed by atoms with Gasteiger partial charge in [-0.3, -0.25) is 0 Å². The molecular formula is C17H19N3. The molecule has 0 saturated carbocycles. The van der Waals surface area contributed by atoms with Gasteiger partial charge in [0.25, 0.3) is 0 Å². The Morgan fingerprint density at radius 2 is 1.90 bits per heavy atom. The van der Waals surface area contributed by atoms with E-state index in [-0.39, 0.29) is 0 Å². The van der Waals surface area contributed by atoms with Crippen LogP contribution in [0.2, 0.25) is 0 Å². The first-order chi connectivity index (χ1) is 9.88. The van der Waals surface area contributed by atoms with Crippen molar-refractivity contribution in [1.29, 1.82) is 5.26 Å². The number of hydrogen-bond acceptors (Lipinski definition) is 3. The lowest BCUT2D eigenvalue weighted by atomic mass is 9.89. The molecule has 0 radical (unpaired) electrons. The predicted octanol–water partition coefficient (Wildman–Crippen LogP) is 2.76. The molecule has 0 atom stereocenters. The number of piperidine rings is 1. The van der Waals surface area contributed by atoms with E-state index in [1.165, 1.54) is 5.56 Å². The van der Waals surface area contributed by atoms with E-state index in [0.717, 1.165) is 37.2 Å². The number of nitrogens with zero attached hydrogens (tertiary/aromatic N) is 2. The van der Waals surface area contributed by atoms with Crippen molar-refractivity contribution in [3.05, 3.63) is 59.4 Å². The van der Waals surface area contributed by atoms with E-state index in [1.54, 1.807) is 0 Å². The Morgan fingerprint density at radius 3 is 2.60 bits per heavy atom. The summed E-state index contributed by atoms with van der Waals surface area (Å²) < 4.78 is 0. The summed E-state index contributed by atoms with van der Waals surface area (Å²) in [5.41, 5.74) is 3.41. The Bertz CT molecular complexity index is 558. The van der Waals surface area contributed by atoms with Crippen molar-refractivity contribution in [2.45, 2.75) is 18.8 Å². The molecule has 1 saturated heterocycles. The van der Waals surface area contributed by atoms with E-state index in [4.69, 9.17) is 0 Å². The molecule has 1 aromatic rings. The molecule has 3 nitrogen and oxygen atoms in total. The average Bonchev–Trinajstić information content (AvgIpc) is 2.56. The minimum atomic E-state index is 0.654. The molecule has 3 rings (SSSR count). The number of hydrogen-bond donors (Lipinski definition) is 1. The van der Waals surface area contributed by atoms with E-state index >= 15 is 0 Å². The lowest BCUT2D eigenvalue weighted by Crippen LogP contribution is -2.34. The minimum absolute atomic E-state index is 0.654. The third-order valence-corrected chi connectivity index (χ3v) is 4.19. The molecule has 20 heavy (non-hydrogen) atoms. The van der Waals surface area contributed by atoms with Crippen molar-refractivity contribution in [2.75, 3.05) is 19.6 Å². The standard InChI is InChI=1S/C17H19N3/c18-12-16-13-19-9-6-17(16)20-10-7-15(8-11-20)14-4-2-1-3-5-14/h1-6,9,15,19H,7-8,10-11,13H2. The lowest BCUT2D eigenvalue weighted by molar-refractivity contribution is 0.267. The van der Waals surface area contributed by atoms with Crippen LogP contribution in [-0.2, 0) is 0 Å². The van der Waals surface area contributed by atoms with Gasteiger partial charge in [-0.05, 0) is 36.6 Å². The van der Waals surface area contributed by atoms with E-state index < -0.39 is 0 Å². The number of likely N-dealkylation sites (tertiary alicyclic amines) is 1. The van der Waals surface area contributed by atoms with Crippen molar-refractivity contribution in [2.24, 2.45) is 0 Å². The van der Waals surface area contributed by atoms with Gasteiger partial charge < -0.3 is 10.2 Å². The highest BCUT2D eigenvalue weighted by Gasteiger charge is 2.23. The fraction of sp³-hybridized carbons (Fsp3) is 0.353. The lowest BCUT2D eigenvalue weighted by Gasteiger charge is -2.35. The summed E-state index contributed by atoms with van der Waals surface area (Å²) in [5.74, 6) is 0.657. The van der Waals surface area contributed by atoms with Gasteiger partial charge in [0.15, 0.2) is 0 Å². The zero-order valence-corrected chi connectivity index (χ0v) is 11.5. The molecule has 0 aromatic heterocycles. The van der Waals surface area contributed by atoms with Gasteiger partial charge in [-0.1, -0.05) is 30.3 Å². The zero-order chi connectivity index (χ0) is 13.8. The van der Waals surface area contributed by atoms with Crippen LogP contribution in [0.5, 0.6) is 0 Å². The molecule has 1 fully saturated rings. The molecule has 0 unspecified atom stereocenters. The van der Waals surface area contributed by atoms with Gasteiger partial charge in [0.2, 0.25) is 0 Å². The van der Waals surface area contributed by atoms with Crippen LogP contribution in [0.25, 0.3) is 0 Å². The van der Waals surface area contributed by atoms with Gasteiger partial charge in [-0.2, -0.15) is 5.26 Å². The molecule has 0 amide bonds. The SMILES string of the molecule is N#CC1=C(N2CCC(c3ccccc3)CC2)C=CNC1. The summed E-state index contributed by atoms with van der Waals surface area (Å²) in [6.45, 7) is 2.72. The Balaban J connectivity index is 1.69. The molecule has 0 spiro atoms. The molecular weight excluding hydrogens is 246 g/mol. The second-order valence-corrected chi connectivity index (χ2v) is 5.36. The molecule has 1 aromatic carbocycles. The van der Waals surface area contributed by atoms with Crippen LogP contribution in [0.15, 0.2) is 53.9 Å². The van der Waals surface area contributed by atoms with Crippen molar-refractivity contribution in [3.8, 4) is 6.07 Å². The monoisotopic (exact) mass is 265 g/mol. The topological polar surface area (TPSA) is 39.1 Å². The number of dihydropyridines is 1. The molecule has 0 aliphatic carbocycles. The van der Waals surface area contributed by atoms with Gasteiger partial charge in [0.05, 0.1) is 23.9 Å². The highest BCUT2D eigenvalue weighted by Crippen LogP contribution is 2.30. The van der Waals surface area contributed by atoms with Crippen LogP contribution >= 0.6 is 0 Å². The smallest absolute Gasteiger partial charge is 0.0987 e. The fourth-order valence-electron chi connectivity index (χ4n) is 3.06. The fourth-order valence-corrected chi connectivity index (χ4v) is 3.06. The van der Waals surface area contributed by atoms with Crippen molar-refractivity contribution >= 4 is 0 Å². The maximum absolute atomic E-state index is 9.21. The van der Waals surface area contributed by atoms with Gasteiger partial charge in [-0.15, -0.1) is 0 Å². The maximum Gasteiger partial charge on any atom is 0.0987 e. The molecule has 3 heteroatoms. The summed E-state index contributed by atoms with van der Waals surface area (Å²) in [6, 6.07) is 13.1. The van der Waals surface area contributed by atoms with E-state index in [1.807, 2.05) is 12.3 Å². The van der Waals surface area contributed by atoms with Gasteiger partial charge in [0.1, 0.15) is 0 Å². The molecule has 2 aliphatic rings. The highest BCUT2D eigenvalue weighted by atomic mass is 15.1.